The molecule has 6 heteroatoms. The van der Waals surface area contributed by atoms with E-state index in [1.165, 1.54) is 6.07 Å². The molecule has 110 valence electrons. The van der Waals surface area contributed by atoms with Gasteiger partial charge in [-0.25, -0.2) is 4.79 Å². The molecule has 0 saturated carbocycles. The Bertz CT molecular complexity index is 489. The molecule has 0 aliphatic carbocycles. The quantitative estimate of drug-likeness (QED) is 0.623. The number of nitrogen functional groups attached to an aromatic ring is 1. The Morgan fingerprint density at radius 3 is 2.75 bits per heavy atom. The minimum Gasteiger partial charge on any atom is -0.452 e. The fourth-order valence-electron chi connectivity index (χ4n) is 1.48. The Balaban J connectivity index is 2.43. The molecule has 0 aliphatic rings. The summed E-state index contributed by atoms with van der Waals surface area (Å²) in [5.74, 6) is -0.493. The van der Waals surface area contributed by atoms with E-state index in [1.807, 2.05) is 0 Å². The van der Waals surface area contributed by atoms with Crippen LogP contribution in [0.4, 0.5) is 5.69 Å². The first-order chi connectivity index (χ1) is 9.41. The number of ether oxygens (including phenoxy) is 1. The van der Waals surface area contributed by atoms with Gasteiger partial charge in [-0.3, -0.25) is 4.79 Å². The number of carbonyl (C=O) groups excluding carboxylic acids is 2. The predicted molar refractivity (Wildman–Crippen MR) is 78.6 cm³/mol. The number of carbonyl (C=O) groups is 2. The van der Waals surface area contributed by atoms with Gasteiger partial charge in [0.25, 0.3) is 5.91 Å². The molecule has 0 unspecified atom stereocenters. The third-order valence-electron chi connectivity index (χ3n) is 2.65. The number of nitrogens with two attached hydrogens (primary N) is 1. The van der Waals surface area contributed by atoms with E-state index < -0.39 is 5.97 Å². The highest BCUT2D eigenvalue weighted by atomic mass is 35.5. The van der Waals surface area contributed by atoms with Crippen molar-refractivity contribution in [2.24, 2.45) is 5.92 Å². The summed E-state index contributed by atoms with van der Waals surface area (Å²) in [4.78, 5) is 23.2. The number of rotatable bonds is 6. The van der Waals surface area contributed by atoms with Crippen LogP contribution in [0, 0.1) is 5.92 Å². The molecule has 1 aromatic carbocycles. The zero-order chi connectivity index (χ0) is 15.1. The molecular formula is C14H19ClN2O3. The van der Waals surface area contributed by atoms with Crippen molar-refractivity contribution in [2.75, 3.05) is 18.9 Å². The smallest absolute Gasteiger partial charge is 0.340 e. The highest BCUT2D eigenvalue weighted by Crippen LogP contribution is 2.22. The van der Waals surface area contributed by atoms with Gasteiger partial charge in [0.05, 0.1) is 16.3 Å². The highest BCUT2D eigenvalue weighted by Gasteiger charge is 2.14. The first-order valence-corrected chi connectivity index (χ1v) is 6.77. The monoisotopic (exact) mass is 298 g/mol. The number of esters is 1. The van der Waals surface area contributed by atoms with Gasteiger partial charge in [-0.2, -0.15) is 0 Å². The van der Waals surface area contributed by atoms with E-state index in [2.05, 4.69) is 19.2 Å². The van der Waals surface area contributed by atoms with Crippen molar-refractivity contribution in [1.82, 2.24) is 5.32 Å². The molecule has 0 bridgehead atoms. The van der Waals surface area contributed by atoms with Gasteiger partial charge in [-0.05, 0) is 24.5 Å². The van der Waals surface area contributed by atoms with Gasteiger partial charge < -0.3 is 15.8 Å². The Hall–Kier alpha value is -1.75. The van der Waals surface area contributed by atoms with Gasteiger partial charge in [0, 0.05) is 6.54 Å². The van der Waals surface area contributed by atoms with Crippen molar-refractivity contribution >= 4 is 29.2 Å². The molecule has 0 spiro atoms. The van der Waals surface area contributed by atoms with E-state index in [-0.39, 0.29) is 28.8 Å². The van der Waals surface area contributed by atoms with Crippen LogP contribution in [0.5, 0.6) is 0 Å². The Kier molecular flexibility index (Phi) is 6.31. The Morgan fingerprint density at radius 1 is 1.40 bits per heavy atom. The van der Waals surface area contributed by atoms with Gasteiger partial charge in [-0.15, -0.1) is 0 Å². The third-order valence-corrected chi connectivity index (χ3v) is 2.98. The molecule has 1 rings (SSSR count). The zero-order valence-electron chi connectivity index (χ0n) is 11.6. The molecule has 0 aliphatic heterocycles. The molecule has 0 saturated heterocycles. The van der Waals surface area contributed by atoms with Gasteiger partial charge in [0.15, 0.2) is 6.61 Å². The number of hydrogen-bond acceptors (Lipinski definition) is 4. The largest absolute Gasteiger partial charge is 0.452 e. The van der Waals surface area contributed by atoms with Crippen molar-refractivity contribution in [3.8, 4) is 0 Å². The lowest BCUT2D eigenvalue weighted by Gasteiger charge is -2.09. The number of halogens is 1. The first-order valence-electron chi connectivity index (χ1n) is 6.39. The summed E-state index contributed by atoms with van der Waals surface area (Å²) in [6.45, 7) is 4.36. The van der Waals surface area contributed by atoms with Gasteiger partial charge in [-0.1, -0.05) is 31.5 Å². The number of hydrogen-bond donors (Lipinski definition) is 2. The normalized spacial score (nSPS) is 10.4. The molecule has 5 nitrogen and oxygen atoms in total. The maximum Gasteiger partial charge on any atom is 0.340 e. The summed E-state index contributed by atoms with van der Waals surface area (Å²) < 4.78 is 4.89. The summed E-state index contributed by atoms with van der Waals surface area (Å²) in [5.41, 5.74) is 5.98. The fourth-order valence-corrected chi connectivity index (χ4v) is 1.65. The summed E-state index contributed by atoms with van der Waals surface area (Å²) >= 11 is 5.81. The standard InChI is InChI=1S/C14H19ClN2O3/c1-9(2)6-7-17-12(18)8-20-14(19)10-4-3-5-11(15)13(10)16/h3-5,9H,6-8,16H2,1-2H3,(H,17,18). The molecule has 20 heavy (non-hydrogen) atoms. The SMILES string of the molecule is CC(C)CCNC(=O)COC(=O)c1cccc(Cl)c1N. The van der Waals surface area contributed by atoms with Gasteiger partial charge in [0.1, 0.15) is 0 Å². The number of para-hydroxylation sites is 1. The van der Waals surface area contributed by atoms with E-state index in [0.717, 1.165) is 6.42 Å². The number of nitrogens with one attached hydrogen (secondary N) is 1. The average molecular weight is 299 g/mol. The van der Waals surface area contributed by atoms with E-state index in [4.69, 9.17) is 22.1 Å². The van der Waals surface area contributed by atoms with Crippen LogP contribution in [0.1, 0.15) is 30.6 Å². The van der Waals surface area contributed by atoms with Crippen LogP contribution in [0.15, 0.2) is 18.2 Å². The van der Waals surface area contributed by atoms with Crippen molar-refractivity contribution in [3.05, 3.63) is 28.8 Å². The molecular weight excluding hydrogens is 280 g/mol. The van der Waals surface area contributed by atoms with E-state index >= 15 is 0 Å². The highest BCUT2D eigenvalue weighted by molar-refractivity contribution is 6.33. The molecule has 1 amide bonds. The van der Waals surface area contributed by atoms with Crippen molar-refractivity contribution < 1.29 is 14.3 Å². The Labute approximate surface area is 123 Å². The first kappa shape index (κ1) is 16.3. The van der Waals surface area contributed by atoms with Crippen molar-refractivity contribution in [2.45, 2.75) is 20.3 Å². The van der Waals surface area contributed by atoms with Crippen LogP contribution in [-0.4, -0.2) is 25.0 Å². The van der Waals surface area contributed by atoms with Crippen LogP contribution in [0.3, 0.4) is 0 Å². The number of amides is 1. The summed E-state index contributed by atoms with van der Waals surface area (Å²) in [6, 6.07) is 4.67. The third kappa shape index (κ3) is 5.09. The number of benzene rings is 1. The van der Waals surface area contributed by atoms with Crippen LogP contribution in [0.2, 0.25) is 5.02 Å². The van der Waals surface area contributed by atoms with Crippen molar-refractivity contribution in [1.29, 1.82) is 0 Å². The van der Waals surface area contributed by atoms with Crippen LogP contribution in [-0.2, 0) is 9.53 Å². The number of anilines is 1. The molecule has 0 radical (unpaired) electrons. The molecule has 0 fully saturated rings. The molecule has 0 atom stereocenters. The van der Waals surface area contributed by atoms with Crippen LogP contribution < -0.4 is 11.1 Å². The maximum atomic E-state index is 11.8. The molecule has 0 heterocycles. The van der Waals surface area contributed by atoms with Crippen LogP contribution >= 0.6 is 11.6 Å². The van der Waals surface area contributed by atoms with Crippen LogP contribution in [0.25, 0.3) is 0 Å². The average Bonchev–Trinajstić information content (AvgIpc) is 2.38. The molecule has 3 N–H and O–H groups in total. The van der Waals surface area contributed by atoms with E-state index in [9.17, 15) is 9.59 Å². The maximum absolute atomic E-state index is 11.8. The molecule has 0 aromatic heterocycles. The fraction of sp³-hybridized carbons (Fsp3) is 0.429. The van der Waals surface area contributed by atoms with E-state index in [1.54, 1.807) is 12.1 Å². The lowest BCUT2D eigenvalue weighted by molar-refractivity contribution is -0.124. The Morgan fingerprint density at radius 2 is 2.10 bits per heavy atom. The lowest BCUT2D eigenvalue weighted by atomic mass is 10.1. The minimum atomic E-state index is -0.663. The second-order valence-corrected chi connectivity index (χ2v) is 5.22. The van der Waals surface area contributed by atoms with Gasteiger partial charge >= 0.3 is 5.97 Å². The minimum absolute atomic E-state index is 0.152. The second kappa shape index (κ2) is 7.75. The molecule has 1 aromatic rings. The summed E-state index contributed by atoms with van der Waals surface area (Å²) in [6.07, 6.45) is 0.876. The summed E-state index contributed by atoms with van der Waals surface area (Å²) in [5, 5.41) is 2.95. The summed E-state index contributed by atoms with van der Waals surface area (Å²) in [7, 11) is 0. The lowest BCUT2D eigenvalue weighted by Crippen LogP contribution is -2.30. The van der Waals surface area contributed by atoms with Gasteiger partial charge in [0.2, 0.25) is 0 Å². The van der Waals surface area contributed by atoms with E-state index in [0.29, 0.717) is 12.5 Å². The topological polar surface area (TPSA) is 81.4 Å². The van der Waals surface area contributed by atoms with Crippen molar-refractivity contribution in [3.63, 3.8) is 0 Å². The second-order valence-electron chi connectivity index (χ2n) is 4.81. The predicted octanol–water partition coefficient (Wildman–Crippen LogP) is 2.24. The zero-order valence-corrected chi connectivity index (χ0v) is 12.4.